The Labute approximate surface area is 74.6 Å². The maximum atomic E-state index is 11.4. The van der Waals surface area contributed by atoms with Crippen molar-refractivity contribution in [3.63, 3.8) is 0 Å². The molecule has 0 spiro atoms. The van der Waals surface area contributed by atoms with E-state index < -0.39 is 11.0 Å². The Balaban J connectivity index is 2.60. The molecule has 0 radical (unpaired) electrons. The van der Waals surface area contributed by atoms with Crippen molar-refractivity contribution in [1.29, 1.82) is 0 Å². The lowest BCUT2D eigenvalue weighted by Gasteiger charge is -2.02. The zero-order chi connectivity index (χ0) is 8.72. The Morgan fingerprint density at radius 3 is 3.00 bits per heavy atom. The molecule has 1 aromatic rings. The van der Waals surface area contributed by atoms with Gasteiger partial charge in [-0.1, -0.05) is 17.7 Å². The lowest BCUT2D eigenvalue weighted by molar-refractivity contribution is 0.668. The second-order valence-electron chi connectivity index (χ2n) is 3.15. The Morgan fingerprint density at radius 2 is 2.25 bits per heavy atom. The Kier molecular flexibility index (Phi) is 1.77. The summed E-state index contributed by atoms with van der Waals surface area (Å²) in [7, 11) is -0.986. The number of fused-ring (bicyclic) bond motifs is 1. The third-order valence-corrected chi connectivity index (χ3v) is 3.45. The summed E-state index contributed by atoms with van der Waals surface area (Å²) in [5, 5.41) is 0. The van der Waals surface area contributed by atoms with E-state index in [9.17, 15) is 4.21 Å². The molecule has 0 aromatic heterocycles. The number of aryl methyl sites for hydroxylation is 1. The molecule has 0 amide bonds. The van der Waals surface area contributed by atoms with E-state index in [2.05, 4.69) is 10.8 Å². The van der Waals surface area contributed by atoms with Gasteiger partial charge in [0.15, 0.2) is 0 Å². The average molecular weight is 181 g/mol. The number of benzene rings is 1. The minimum absolute atomic E-state index is 0.223. The predicted octanol–water partition coefficient (Wildman–Crippen LogP) is 1.68. The molecule has 0 saturated heterocycles. The first-order valence-corrected chi connectivity index (χ1v) is 5.12. The molecule has 1 aromatic carbocycles. The average Bonchev–Trinajstić information content (AvgIpc) is 2.28. The van der Waals surface area contributed by atoms with Crippen molar-refractivity contribution in [3.05, 3.63) is 29.3 Å². The van der Waals surface area contributed by atoms with Gasteiger partial charge in [0.25, 0.3) is 0 Å². The van der Waals surface area contributed by atoms with E-state index in [1.54, 1.807) is 0 Å². The van der Waals surface area contributed by atoms with Crippen molar-refractivity contribution >= 4 is 11.0 Å². The summed E-state index contributed by atoms with van der Waals surface area (Å²) in [5.41, 5.74) is 2.40. The van der Waals surface area contributed by atoms with Gasteiger partial charge in [-0.05, 0) is 25.5 Å². The van der Waals surface area contributed by atoms with Crippen LogP contribution in [0, 0.1) is 6.92 Å². The van der Waals surface area contributed by atoms with E-state index in [1.807, 2.05) is 26.0 Å². The molecule has 0 saturated carbocycles. The van der Waals surface area contributed by atoms with Crippen LogP contribution in [0.15, 0.2) is 23.1 Å². The van der Waals surface area contributed by atoms with Crippen LogP contribution in [-0.2, 0) is 11.0 Å². The SMILES string of the molecule is Cc1ccc2c(c1)[C@@H](C)NS2=O. The van der Waals surface area contributed by atoms with Gasteiger partial charge >= 0.3 is 0 Å². The van der Waals surface area contributed by atoms with Gasteiger partial charge in [-0.15, -0.1) is 0 Å². The zero-order valence-electron chi connectivity index (χ0n) is 7.13. The Hall–Kier alpha value is -0.670. The molecule has 1 aliphatic rings. The molecule has 1 N–H and O–H groups in total. The van der Waals surface area contributed by atoms with Gasteiger partial charge in [-0.3, -0.25) is 0 Å². The summed E-state index contributed by atoms with van der Waals surface area (Å²) < 4.78 is 14.4. The van der Waals surface area contributed by atoms with Gasteiger partial charge in [0.05, 0.1) is 4.90 Å². The molecule has 2 nitrogen and oxygen atoms in total. The molecule has 3 heteroatoms. The van der Waals surface area contributed by atoms with Crippen LogP contribution < -0.4 is 4.72 Å². The van der Waals surface area contributed by atoms with Crippen molar-refractivity contribution in [2.75, 3.05) is 0 Å². The highest BCUT2D eigenvalue weighted by Crippen LogP contribution is 2.28. The highest BCUT2D eigenvalue weighted by atomic mass is 32.2. The molecule has 0 aliphatic carbocycles. The maximum absolute atomic E-state index is 11.4. The van der Waals surface area contributed by atoms with Gasteiger partial charge in [-0.2, -0.15) is 0 Å². The highest BCUT2D eigenvalue weighted by Gasteiger charge is 2.23. The molecular formula is C9H11NOS. The van der Waals surface area contributed by atoms with Crippen molar-refractivity contribution in [3.8, 4) is 0 Å². The van der Waals surface area contributed by atoms with Crippen LogP contribution in [0.2, 0.25) is 0 Å². The summed E-state index contributed by atoms with van der Waals surface area (Å²) >= 11 is 0. The Bertz CT molecular complexity index is 348. The van der Waals surface area contributed by atoms with E-state index >= 15 is 0 Å². The highest BCUT2D eigenvalue weighted by molar-refractivity contribution is 7.83. The molecule has 2 atom stereocenters. The van der Waals surface area contributed by atoms with E-state index in [-0.39, 0.29) is 6.04 Å². The standard InChI is InChI=1S/C9H11NOS/c1-6-3-4-9-8(5-6)7(2)10-12(9)11/h3-5,7,10H,1-2H3/t7-,12?/m1/s1. The molecule has 12 heavy (non-hydrogen) atoms. The summed E-state index contributed by atoms with van der Waals surface area (Å²) in [5.74, 6) is 0. The van der Waals surface area contributed by atoms with Crippen LogP contribution in [0.1, 0.15) is 24.1 Å². The van der Waals surface area contributed by atoms with Gasteiger partial charge in [0.2, 0.25) is 0 Å². The first-order valence-electron chi connectivity index (χ1n) is 3.97. The number of rotatable bonds is 0. The van der Waals surface area contributed by atoms with Crippen LogP contribution in [0.5, 0.6) is 0 Å². The second kappa shape index (κ2) is 2.68. The molecule has 1 aliphatic heterocycles. The summed E-state index contributed by atoms with van der Waals surface area (Å²) in [6.07, 6.45) is 0. The minimum Gasteiger partial charge on any atom is -0.237 e. The fourth-order valence-corrected chi connectivity index (χ4v) is 2.68. The fourth-order valence-electron chi connectivity index (χ4n) is 1.46. The third-order valence-electron chi connectivity index (χ3n) is 2.12. The quantitative estimate of drug-likeness (QED) is 0.648. The number of hydrogen-bond donors (Lipinski definition) is 1. The number of nitrogens with one attached hydrogen (secondary N) is 1. The lowest BCUT2D eigenvalue weighted by atomic mass is 10.1. The number of hydrogen-bond acceptors (Lipinski definition) is 1. The normalized spacial score (nSPS) is 27.2. The van der Waals surface area contributed by atoms with Gasteiger partial charge in [0, 0.05) is 6.04 Å². The van der Waals surface area contributed by atoms with E-state index in [4.69, 9.17) is 0 Å². The third kappa shape index (κ3) is 1.09. The topological polar surface area (TPSA) is 29.1 Å². The van der Waals surface area contributed by atoms with Gasteiger partial charge in [0.1, 0.15) is 11.0 Å². The molecule has 2 rings (SSSR count). The fraction of sp³-hybridized carbons (Fsp3) is 0.333. The molecule has 1 unspecified atom stereocenters. The van der Waals surface area contributed by atoms with E-state index in [1.165, 1.54) is 11.1 Å². The first kappa shape index (κ1) is 7.95. The summed E-state index contributed by atoms with van der Waals surface area (Å²) in [4.78, 5) is 0.938. The van der Waals surface area contributed by atoms with Crippen molar-refractivity contribution < 1.29 is 4.21 Å². The molecule has 0 bridgehead atoms. The van der Waals surface area contributed by atoms with Crippen LogP contribution in [-0.4, -0.2) is 4.21 Å². The maximum Gasteiger partial charge on any atom is 0.125 e. The lowest BCUT2D eigenvalue weighted by Crippen LogP contribution is -2.10. The van der Waals surface area contributed by atoms with E-state index in [0.717, 1.165) is 4.90 Å². The minimum atomic E-state index is -0.986. The molecular weight excluding hydrogens is 170 g/mol. The zero-order valence-corrected chi connectivity index (χ0v) is 7.94. The van der Waals surface area contributed by atoms with Gasteiger partial charge < -0.3 is 0 Å². The van der Waals surface area contributed by atoms with Crippen molar-refractivity contribution in [2.24, 2.45) is 0 Å². The van der Waals surface area contributed by atoms with Crippen molar-refractivity contribution in [1.82, 2.24) is 4.72 Å². The Morgan fingerprint density at radius 1 is 1.50 bits per heavy atom. The summed E-state index contributed by atoms with van der Waals surface area (Å²) in [6.45, 7) is 4.08. The molecule has 64 valence electrons. The van der Waals surface area contributed by atoms with Crippen LogP contribution in [0.4, 0.5) is 0 Å². The van der Waals surface area contributed by atoms with E-state index in [0.29, 0.717) is 0 Å². The molecule has 1 heterocycles. The molecule has 0 fully saturated rings. The monoisotopic (exact) mass is 181 g/mol. The van der Waals surface area contributed by atoms with Crippen LogP contribution >= 0.6 is 0 Å². The van der Waals surface area contributed by atoms with Crippen molar-refractivity contribution in [2.45, 2.75) is 24.8 Å². The second-order valence-corrected chi connectivity index (χ2v) is 4.36. The summed E-state index contributed by atoms with van der Waals surface area (Å²) in [6, 6.07) is 6.26. The smallest absolute Gasteiger partial charge is 0.125 e. The van der Waals surface area contributed by atoms with Crippen LogP contribution in [0.3, 0.4) is 0 Å². The predicted molar refractivity (Wildman–Crippen MR) is 49.1 cm³/mol. The first-order chi connectivity index (χ1) is 5.68. The largest absolute Gasteiger partial charge is 0.237 e. The van der Waals surface area contributed by atoms with Gasteiger partial charge in [-0.25, -0.2) is 8.93 Å². The van der Waals surface area contributed by atoms with Crippen LogP contribution in [0.25, 0.3) is 0 Å².